The Kier molecular flexibility index (Phi) is 8.34. The highest BCUT2D eigenvalue weighted by atomic mass is 16.6. The molecule has 1 aromatic carbocycles. The van der Waals surface area contributed by atoms with E-state index in [4.69, 9.17) is 9.47 Å². The number of carbonyl (C=O) groups excluding carboxylic acids is 3. The lowest BCUT2D eigenvalue weighted by atomic mass is 9.62. The average Bonchev–Trinajstić information content (AvgIpc) is 3.29. The third kappa shape index (κ3) is 6.40. The molecule has 0 unspecified atom stereocenters. The van der Waals surface area contributed by atoms with E-state index < -0.39 is 17.7 Å². The van der Waals surface area contributed by atoms with Gasteiger partial charge in [0.25, 0.3) is 0 Å². The van der Waals surface area contributed by atoms with Crippen LogP contribution in [-0.4, -0.2) is 42.2 Å². The second-order valence-corrected chi connectivity index (χ2v) is 12.4. The van der Waals surface area contributed by atoms with E-state index in [1.54, 1.807) is 17.2 Å². The number of nitrogens with one attached hydrogen (secondary N) is 2. The molecule has 0 radical (unpaired) electrons. The fraction of sp³-hybridized carbons (Fsp3) is 0.567. The van der Waals surface area contributed by atoms with Crippen LogP contribution < -0.4 is 10.2 Å². The molecular formula is C30H43N3O5. The zero-order valence-corrected chi connectivity index (χ0v) is 24.3. The number of fused-ring (bicyclic) bond motifs is 1. The Labute approximate surface area is 226 Å². The monoisotopic (exact) mass is 525 g/mol. The number of ether oxygens (including phenoxy) is 2. The van der Waals surface area contributed by atoms with Crippen molar-refractivity contribution in [1.29, 1.82) is 0 Å². The van der Waals surface area contributed by atoms with Crippen LogP contribution in [0.4, 0.5) is 16.2 Å². The van der Waals surface area contributed by atoms with Crippen LogP contribution in [0.5, 0.6) is 0 Å². The van der Waals surface area contributed by atoms with Crippen molar-refractivity contribution in [3.8, 4) is 0 Å². The van der Waals surface area contributed by atoms with Crippen LogP contribution >= 0.6 is 0 Å². The molecule has 0 spiro atoms. The van der Waals surface area contributed by atoms with Gasteiger partial charge in [0.2, 0.25) is 5.91 Å². The topological polar surface area (TPSA) is 101 Å². The number of anilines is 2. The summed E-state index contributed by atoms with van der Waals surface area (Å²) in [5.41, 5.74) is 3.57. The third-order valence-electron chi connectivity index (χ3n) is 7.17. The SMILES string of the molecule is CCCN(C(=O)Cc1ccc2c(c1NC(=O)OC(C)(C)C)C(C)(C)CCC2(C)C)c1c[nH]c(C(=O)OC)c1. The lowest BCUT2D eigenvalue weighted by Crippen LogP contribution is -2.37. The standard InChI is InChI=1S/C30H43N3O5/c1-10-15-33(20-17-22(31-18-20)26(35)37-9)23(34)16-19-11-12-21-24(30(7,8)14-13-29(21,5)6)25(19)32-27(36)38-28(2,3)4/h11-12,17-18,31H,10,13-16H2,1-9H3,(H,32,36). The summed E-state index contributed by atoms with van der Waals surface area (Å²) in [4.78, 5) is 43.2. The molecule has 38 heavy (non-hydrogen) atoms. The van der Waals surface area contributed by atoms with Crippen molar-refractivity contribution in [1.82, 2.24) is 4.98 Å². The van der Waals surface area contributed by atoms with Gasteiger partial charge < -0.3 is 19.4 Å². The number of aromatic amines is 1. The van der Waals surface area contributed by atoms with Crippen molar-refractivity contribution < 1.29 is 23.9 Å². The molecule has 2 aromatic rings. The van der Waals surface area contributed by atoms with Crippen molar-refractivity contribution >= 4 is 29.3 Å². The van der Waals surface area contributed by atoms with E-state index in [-0.39, 0.29) is 28.9 Å². The number of hydrogen-bond donors (Lipinski definition) is 2. The molecule has 0 saturated heterocycles. The maximum Gasteiger partial charge on any atom is 0.412 e. The summed E-state index contributed by atoms with van der Waals surface area (Å²) >= 11 is 0. The van der Waals surface area contributed by atoms with E-state index >= 15 is 0 Å². The van der Waals surface area contributed by atoms with Crippen molar-refractivity contribution in [2.45, 2.75) is 97.5 Å². The van der Waals surface area contributed by atoms with E-state index in [9.17, 15) is 14.4 Å². The molecule has 208 valence electrons. The Balaban J connectivity index is 2.06. The quantitative estimate of drug-likeness (QED) is 0.403. The maximum atomic E-state index is 13.7. The number of nitrogens with zero attached hydrogens (tertiary/aromatic N) is 1. The summed E-state index contributed by atoms with van der Waals surface area (Å²) in [6.07, 6.45) is 3.88. The average molecular weight is 526 g/mol. The molecular weight excluding hydrogens is 482 g/mol. The highest BCUT2D eigenvalue weighted by molar-refractivity contribution is 5.98. The number of rotatable bonds is 7. The van der Waals surface area contributed by atoms with Crippen LogP contribution in [0, 0.1) is 0 Å². The molecule has 1 aliphatic carbocycles. The van der Waals surface area contributed by atoms with Gasteiger partial charge in [0.1, 0.15) is 11.3 Å². The number of aromatic nitrogens is 1. The fourth-order valence-corrected chi connectivity index (χ4v) is 5.14. The van der Waals surface area contributed by atoms with Gasteiger partial charge in [-0.3, -0.25) is 10.1 Å². The number of amides is 2. The number of benzene rings is 1. The molecule has 0 aliphatic heterocycles. The predicted molar refractivity (Wildman–Crippen MR) is 150 cm³/mol. The van der Waals surface area contributed by atoms with Crippen molar-refractivity contribution in [2.75, 3.05) is 23.9 Å². The zero-order valence-electron chi connectivity index (χ0n) is 24.3. The van der Waals surface area contributed by atoms with E-state index in [0.717, 1.165) is 30.4 Å². The second-order valence-electron chi connectivity index (χ2n) is 12.4. The minimum atomic E-state index is -0.659. The lowest BCUT2D eigenvalue weighted by molar-refractivity contribution is -0.118. The van der Waals surface area contributed by atoms with Crippen molar-refractivity contribution in [3.05, 3.63) is 46.8 Å². The molecule has 0 atom stereocenters. The first-order valence-corrected chi connectivity index (χ1v) is 13.3. The first-order valence-electron chi connectivity index (χ1n) is 13.3. The van der Waals surface area contributed by atoms with E-state index in [0.29, 0.717) is 17.9 Å². The van der Waals surface area contributed by atoms with Crippen LogP contribution in [0.1, 0.15) is 102 Å². The van der Waals surface area contributed by atoms with Gasteiger partial charge in [0, 0.05) is 12.7 Å². The van der Waals surface area contributed by atoms with Gasteiger partial charge in [-0.15, -0.1) is 0 Å². The Morgan fingerprint density at radius 1 is 1.08 bits per heavy atom. The van der Waals surface area contributed by atoms with Crippen LogP contribution in [0.3, 0.4) is 0 Å². The number of carbonyl (C=O) groups is 3. The van der Waals surface area contributed by atoms with Crippen LogP contribution in [0.2, 0.25) is 0 Å². The molecule has 3 rings (SSSR count). The van der Waals surface area contributed by atoms with Gasteiger partial charge in [0.05, 0.1) is 24.9 Å². The van der Waals surface area contributed by atoms with E-state index in [2.05, 4.69) is 44.1 Å². The van der Waals surface area contributed by atoms with Crippen LogP contribution in [0.15, 0.2) is 24.4 Å². The Morgan fingerprint density at radius 2 is 1.74 bits per heavy atom. The summed E-state index contributed by atoms with van der Waals surface area (Å²) in [6, 6.07) is 5.68. The van der Waals surface area contributed by atoms with E-state index in [1.807, 2.05) is 33.8 Å². The number of methoxy groups -OCH3 is 1. The summed E-state index contributed by atoms with van der Waals surface area (Å²) in [5.74, 6) is -0.633. The van der Waals surface area contributed by atoms with Gasteiger partial charge in [0.15, 0.2) is 0 Å². The van der Waals surface area contributed by atoms with Crippen molar-refractivity contribution in [2.24, 2.45) is 0 Å². The summed E-state index contributed by atoms with van der Waals surface area (Å²) < 4.78 is 10.4. The molecule has 0 fully saturated rings. The van der Waals surface area contributed by atoms with Crippen LogP contribution in [-0.2, 0) is 31.5 Å². The first kappa shape index (κ1) is 29.3. The molecule has 0 saturated carbocycles. The highest BCUT2D eigenvalue weighted by Gasteiger charge is 2.40. The third-order valence-corrected chi connectivity index (χ3v) is 7.17. The molecule has 1 heterocycles. The Bertz CT molecular complexity index is 1200. The van der Waals surface area contributed by atoms with Gasteiger partial charge in [-0.2, -0.15) is 0 Å². The molecule has 1 aromatic heterocycles. The molecule has 2 N–H and O–H groups in total. The Morgan fingerprint density at radius 3 is 2.34 bits per heavy atom. The maximum absolute atomic E-state index is 13.7. The molecule has 8 nitrogen and oxygen atoms in total. The second kappa shape index (κ2) is 10.8. The lowest BCUT2D eigenvalue weighted by Gasteiger charge is -2.43. The van der Waals surface area contributed by atoms with Gasteiger partial charge in [-0.1, -0.05) is 46.8 Å². The smallest absolute Gasteiger partial charge is 0.412 e. The number of esters is 1. The van der Waals surface area contributed by atoms with Crippen molar-refractivity contribution in [3.63, 3.8) is 0 Å². The van der Waals surface area contributed by atoms with Crippen LogP contribution in [0.25, 0.3) is 0 Å². The molecule has 1 aliphatic rings. The first-order chi connectivity index (χ1) is 17.6. The van der Waals surface area contributed by atoms with Gasteiger partial charge >= 0.3 is 12.1 Å². The fourth-order valence-electron chi connectivity index (χ4n) is 5.14. The van der Waals surface area contributed by atoms with E-state index in [1.165, 1.54) is 12.7 Å². The van der Waals surface area contributed by atoms with Gasteiger partial charge in [-0.25, -0.2) is 9.59 Å². The summed E-state index contributed by atoms with van der Waals surface area (Å²) in [5, 5.41) is 3.03. The summed E-state index contributed by atoms with van der Waals surface area (Å²) in [7, 11) is 1.32. The highest BCUT2D eigenvalue weighted by Crippen LogP contribution is 2.49. The predicted octanol–water partition coefficient (Wildman–Crippen LogP) is 6.48. The summed E-state index contributed by atoms with van der Waals surface area (Å²) in [6.45, 7) is 16.8. The molecule has 8 heteroatoms. The molecule has 0 bridgehead atoms. The number of hydrogen-bond acceptors (Lipinski definition) is 5. The zero-order chi connectivity index (χ0) is 28.5. The van der Waals surface area contributed by atoms with Gasteiger partial charge in [-0.05, 0) is 73.6 Å². The largest absolute Gasteiger partial charge is 0.464 e. The number of H-pyrrole nitrogens is 1. The minimum absolute atomic E-state index is 0.0680. The minimum Gasteiger partial charge on any atom is -0.464 e. The normalized spacial score (nSPS) is 15.8. The molecule has 2 amide bonds. The Hall–Kier alpha value is -3.29.